The van der Waals surface area contributed by atoms with Crippen molar-refractivity contribution >= 4 is 47.4 Å². The zero-order valence-electron chi connectivity index (χ0n) is 14.9. The summed E-state index contributed by atoms with van der Waals surface area (Å²) in [6.45, 7) is 5.51. The van der Waals surface area contributed by atoms with Crippen LogP contribution in [0.25, 0.3) is 0 Å². The first-order valence-corrected chi connectivity index (χ1v) is 9.51. The molecule has 1 aliphatic rings. The van der Waals surface area contributed by atoms with E-state index in [9.17, 15) is 9.59 Å². The van der Waals surface area contributed by atoms with Gasteiger partial charge in [0.25, 0.3) is 5.91 Å². The Hall–Kier alpha value is -1.01. The number of hydrogen-bond donors (Lipinski definition) is 2. The molecule has 1 atom stereocenters. The van der Waals surface area contributed by atoms with Crippen molar-refractivity contribution in [2.24, 2.45) is 5.92 Å². The summed E-state index contributed by atoms with van der Waals surface area (Å²) in [6, 6.07) is 4.86. The number of amides is 2. The van der Waals surface area contributed by atoms with E-state index >= 15 is 0 Å². The van der Waals surface area contributed by atoms with Crippen LogP contribution in [0.5, 0.6) is 0 Å². The Labute approximate surface area is 171 Å². The number of carbonyl (C=O) groups is 2. The number of likely N-dealkylation sites (tertiary alicyclic amines) is 1. The van der Waals surface area contributed by atoms with Gasteiger partial charge in [-0.25, -0.2) is 0 Å². The molecule has 1 aromatic carbocycles. The molecule has 0 bridgehead atoms. The van der Waals surface area contributed by atoms with Crippen molar-refractivity contribution < 1.29 is 9.59 Å². The van der Waals surface area contributed by atoms with Crippen molar-refractivity contribution in [3.8, 4) is 0 Å². The Balaban J connectivity index is 0.00000338. The molecule has 1 saturated heterocycles. The van der Waals surface area contributed by atoms with Crippen LogP contribution in [0.4, 0.5) is 0 Å². The molecule has 5 nitrogen and oxygen atoms in total. The van der Waals surface area contributed by atoms with Gasteiger partial charge in [-0.3, -0.25) is 9.59 Å². The van der Waals surface area contributed by atoms with Crippen LogP contribution >= 0.6 is 35.6 Å². The molecular weight excluding hydrogens is 397 g/mol. The molecule has 2 amide bonds. The highest BCUT2D eigenvalue weighted by molar-refractivity contribution is 6.42. The van der Waals surface area contributed by atoms with Crippen molar-refractivity contribution in [2.75, 3.05) is 32.7 Å². The highest BCUT2D eigenvalue weighted by atomic mass is 35.5. The zero-order chi connectivity index (χ0) is 18.2. The van der Waals surface area contributed by atoms with Crippen molar-refractivity contribution in [3.63, 3.8) is 0 Å². The third kappa shape index (κ3) is 6.62. The Morgan fingerprint density at radius 3 is 2.65 bits per heavy atom. The van der Waals surface area contributed by atoms with Gasteiger partial charge in [-0.15, -0.1) is 12.4 Å². The molecule has 1 heterocycles. The molecule has 0 saturated carbocycles. The number of rotatable bonds is 7. The van der Waals surface area contributed by atoms with Gasteiger partial charge < -0.3 is 15.5 Å². The number of nitrogens with zero attached hydrogens (tertiary/aromatic N) is 1. The van der Waals surface area contributed by atoms with Crippen molar-refractivity contribution in [1.29, 1.82) is 0 Å². The van der Waals surface area contributed by atoms with E-state index in [2.05, 4.69) is 17.6 Å². The minimum Gasteiger partial charge on any atom is -0.355 e. The average Bonchev–Trinajstić information content (AvgIpc) is 2.63. The van der Waals surface area contributed by atoms with E-state index in [-0.39, 0.29) is 30.1 Å². The smallest absolute Gasteiger partial charge is 0.253 e. The minimum absolute atomic E-state index is 0. The Morgan fingerprint density at radius 1 is 1.19 bits per heavy atom. The zero-order valence-corrected chi connectivity index (χ0v) is 17.2. The predicted molar refractivity (Wildman–Crippen MR) is 109 cm³/mol. The lowest BCUT2D eigenvalue weighted by molar-refractivity contribution is -0.126. The molecule has 1 fully saturated rings. The standard InChI is InChI=1S/C18H25Cl2N3O2.ClH/c1-2-7-21-8-9-22-17(24)14-4-3-10-23(12-14)18(25)13-5-6-15(19)16(20)11-13;/h5-6,11,14,21H,2-4,7-10,12H2,1H3,(H,22,24);1H. The van der Waals surface area contributed by atoms with E-state index in [0.717, 1.165) is 32.4 Å². The SMILES string of the molecule is CCCNCCNC(=O)C1CCCN(C(=O)c2ccc(Cl)c(Cl)c2)C1.Cl. The lowest BCUT2D eigenvalue weighted by Crippen LogP contribution is -2.46. The number of nitrogens with one attached hydrogen (secondary N) is 2. The molecule has 1 aromatic rings. The molecule has 8 heteroatoms. The van der Waals surface area contributed by atoms with Crippen molar-refractivity contribution in [2.45, 2.75) is 26.2 Å². The molecule has 0 aliphatic carbocycles. The number of halogens is 3. The van der Waals surface area contributed by atoms with Gasteiger partial charge >= 0.3 is 0 Å². The minimum atomic E-state index is -0.161. The average molecular weight is 423 g/mol. The fraction of sp³-hybridized carbons (Fsp3) is 0.556. The van der Waals surface area contributed by atoms with Gasteiger partial charge in [0.1, 0.15) is 0 Å². The third-order valence-corrected chi connectivity index (χ3v) is 5.01. The van der Waals surface area contributed by atoms with Crippen LogP contribution in [0.15, 0.2) is 18.2 Å². The van der Waals surface area contributed by atoms with Crippen molar-refractivity contribution in [3.05, 3.63) is 33.8 Å². The van der Waals surface area contributed by atoms with E-state index in [1.165, 1.54) is 0 Å². The van der Waals surface area contributed by atoms with Gasteiger partial charge in [0, 0.05) is 31.7 Å². The summed E-state index contributed by atoms with van der Waals surface area (Å²) in [5.74, 6) is -0.253. The largest absolute Gasteiger partial charge is 0.355 e. The highest BCUT2D eigenvalue weighted by Gasteiger charge is 2.28. The van der Waals surface area contributed by atoms with E-state index in [1.54, 1.807) is 23.1 Å². The predicted octanol–water partition coefficient (Wildman–Crippen LogP) is 3.38. The number of carbonyl (C=O) groups excluding carboxylic acids is 2. The quantitative estimate of drug-likeness (QED) is 0.662. The second-order valence-corrected chi connectivity index (χ2v) is 7.07. The number of piperidine rings is 1. The Kier molecular flexibility index (Phi) is 10.3. The van der Waals surface area contributed by atoms with Crippen LogP contribution in [0, 0.1) is 5.92 Å². The van der Waals surface area contributed by atoms with Crippen LogP contribution in [-0.4, -0.2) is 49.4 Å². The topological polar surface area (TPSA) is 61.4 Å². The number of hydrogen-bond acceptors (Lipinski definition) is 3. The normalized spacial score (nSPS) is 16.7. The summed E-state index contributed by atoms with van der Waals surface area (Å²) in [6.07, 6.45) is 2.70. The second-order valence-electron chi connectivity index (χ2n) is 6.26. The van der Waals surface area contributed by atoms with Gasteiger partial charge in [0.15, 0.2) is 0 Å². The first-order chi connectivity index (χ1) is 12.0. The molecule has 1 aliphatic heterocycles. The van der Waals surface area contributed by atoms with Gasteiger partial charge in [0.2, 0.25) is 5.91 Å². The molecule has 146 valence electrons. The maximum atomic E-state index is 12.6. The maximum Gasteiger partial charge on any atom is 0.253 e. The Bertz CT molecular complexity index is 613. The maximum absolute atomic E-state index is 12.6. The van der Waals surface area contributed by atoms with Crippen molar-refractivity contribution in [1.82, 2.24) is 15.5 Å². The molecule has 0 spiro atoms. The van der Waals surface area contributed by atoms with Crippen LogP contribution in [-0.2, 0) is 4.79 Å². The fourth-order valence-electron chi connectivity index (χ4n) is 2.91. The molecule has 0 aromatic heterocycles. The molecule has 1 unspecified atom stereocenters. The summed E-state index contributed by atoms with van der Waals surface area (Å²) in [4.78, 5) is 26.7. The third-order valence-electron chi connectivity index (χ3n) is 4.27. The van der Waals surface area contributed by atoms with Crippen LogP contribution in [0.2, 0.25) is 10.0 Å². The van der Waals surface area contributed by atoms with Gasteiger partial charge in [-0.2, -0.15) is 0 Å². The van der Waals surface area contributed by atoms with E-state index in [0.29, 0.717) is 35.2 Å². The van der Waals surface area contributed by atoms with Crippen LogP contribution < -0.4 is 10.6 Å². The molecule has 26 heavy (non-hydrogen) atoms. The second kappa shape index (κ2) is 11.7. The summed E-state index contributed by atoms with van der Waals surface area (Å²) >= 11 is 11.9. The van der Waals surface area contributed by atoms with Crippen LogP contribution in [0.1, 0.15) is 36.5 Å². The molecule has 2 N–H and O–H groups in total. The van der Waals surface area contributed by atoms with Gasteiger partial charge in [0.05, 0.1) is 16.0 Å². The van der Waals surface area contributed by atoms with Gasteiger partial charge in [-0.1, -0.05) is 30.1 Å². The van der Waals surface area contributed by atoms with Gasteiger partial charge in [-0.05, 0) is 44.0 Å². The Morgan fingerprint density at radius 2 is 1.96 bits per heavy atom. The molecule has 2 rings (SSSR count). The fourth-order valence-corrected chi connectivity index (χ4v) is 3.21. The van der Waals surface area contributed by atoms with Crippen LogP contribution in [0.3, 0.4) is 0 Å². The lowest BCUT2D eigenvalue weighted by Gasteiger charge is -2.32. The monoisotopic (exact) mass is 421 g/mol. The highest BCUT2D eigenvalue weighted by Crippen LogP contribution is 2.25. The van der Waals surface area contributed by atoms with E-state index < -0.39 is 0 Å². The first kappa shape index (κ1) is 23.0. The lowest BCUT2D eigenvalue weighted by atomic mass is 9.96. The summed E-state index contributed by atoms with van der Waals surface area (Å²) in [5.41, 5.74) is 0.499. The summed E-state index contributed by atoms with van der Waals surface area (Å²) in [5, 5.41) is 6.98. The van der Waals surface area contributed by atoms with E-state index in [1.807, 2.05) is 0 Å². The molecule has 0 radical (unpaired) electrons. The number of benzene rings is 1. The molecular formula is C18H26Cl3N3O2. The first-order valence-electron chi connectivity index (χ1n) is 8.75. The summed E-state index contributed by atoms with van der Waals surface area (Å²) in [7, 11) is 0. The van der Waals surface area contributed by atoms with E-state index in [4.69, 9.17) is 23.2 Å². The summed E-state index contributed by atoms with van der Waals surface area (Å²) < 4.78 is 0.